The van der Waals surface area contributed by atoms with Crippen LogP contribution in [0.15, 0.2) is 30.3 Å². The Morgan fingerprint density at radius 2 is 1.62 bits per heavy atom. The Balaban J connectivity index is 2.30. The molecule has 2 aromatic rings. The molecule has 0 aliphatic carbocycles. The van der Waals surface area contributed by atoms with Gasteiger partial charge in [0.2, 0.25) is 0 Å². The summed E-state index contributed by atoms with van der Waals surface area (Å²) in [5.74, 6) is 0.339. The van der Waals surface area contributed by atoms with Crippen molar-refractivity contribution in [2.75, 3.05) is 26.6 Å². The molecule has 29 heavy (non-hydrogen) atoms. The number of ether oxygens (including phenoxy) is 4. The summed E-state index contributed by atoms with van der Waals surface area (Å²) < 4.78 is 21.2. The third-order valence-corrected chi connectivity index (χ3v) is 4.61. The second-order valence-corrected chi connectivity index (χ2v) is 6.49. The standard InChI is InChI=1S/C22H27NO6/c1-7-18(29-15-9-8-13(2)14(3)10-15)21(24)23-17-12-20(27-5)19(26-4)11-16(17)22(25)28-6/h8-12,18H,7H2,1-6H3,(H,23,24). The van der Waals surface area contributed by atoms with E-state index < -0.39 is 12.1 Å². The number of hydrogen-bond acceptors (Lipinski definition) is 6. The zero-order valence-corrected chi connectivity index (χ0v) is 17.6. The maximum atomic E-state index is 12.9. The number of nitrogens with one attached hydrogen (secondary N) is 1. The molecule has 0 heterocycles. The van der Waals surface area contributed by atoms with E-state index in [0.29, 0.717) is 23.7 Å². The van der Waals surface area contributed by atoms with Gasteiger partial charge in [-0.05, 0) is 43.5 Å². The van der Waals surface area contributed by atoms with Crippen molar-refractivity contribution in [2.24, 2.45) is 0 Å². The topological polar surface area (TPSA) is 83.1 Å². The van der Waals surface area contributed by atoms with E-state index in [4.69, 9.17) is 18.9 Å². The first kappa shape index (κ1) is 22.1. The molecule has 0 aliphatic heterocycles. The van der Waals surface area contributed by atoms with E-state index in [1.807, 2.05) is 39.0 Å². The van der Waals surface area contributed by atoms with Crippen molar-refractivity contribution >= 4 is 17.6 Å². The van der Waals surface area contributed by atoms with Gasteiger partial charge < -0.3 is 24.3 Å². The highest BCUT2D eigenvalue weighted by molar-refractivity contribution is 6.03. The maximum Gasteiger partial charge on any atom is 0.340 e. The molecule has 0 aromatic heterocycles. The van der Waals surface area contributed by atoms with Crippen molar-refractivity contribution in [3.63, 3.8) is 0 Å². The molecule has 1 atom stereocenters. The summed E-state index contributed by atoms with van der Waals surface area (Å²) >= 11 is 0. The van der Waals surface area contributed by atoms with Crippen molar-refractivity contribution in [2.45, 2.75) is 33.3 Å². The number of anilines is 1. The van der Waals surface area contributed by atoms with E-state index in [0.717, 1.165) is 11.1 Å². The average molecular weight is 401 g/mol. The molecule has 0 bridgehead atoms. The van der Waals surface area contributed by atoms with Crippen LogP contribution in [0.2, 0.25) is 0 Å². The van der Waals surface area contributed by atoms with Crippen LogP contribution in [0, 0.1) is 13.8 Å². The van der Waals surface area contributed by atoms with Gasteiger partial charge >= 0.3 is 5.97 Å². The molecule has 0 spiro atoms. The Hall–Kier alpha value is -3.22. The minimum Gasteiger partial charge on any atom is -0.493 e. The Bertz CT molecular complexity index is 893. The largest absolute Gasteiger partial charge is 0.493 e. The van der Waals surface area contributed by atoms with Crippen LogP contribution in [0.1, 0.15) is 34.8 Å². The lowest BCUT2D eigenvalue weighted by molar-refractivity contribution is -0.122. The van der Waals surface area contributed by atoms with Gasteiger partial charge in [-0.15, -0.1) is 0 Å². The highest BCUT2D eigenvalue weighted by Crippen LogP contribution is 2.34. The van der Waals surface area contributed by atoms with Gasteiger partial charge in [0.05, 0.1) is 32.6 Å². The van der Waals surface area contributed by atoms with Gasteiger partial charge in [-0.1, -0.05) is 13.0 Å². The molecule has 7 nitrogen and oxygen atoms in total. The van der Waals surface area contributed by atoms with E-state index in [9.17, 15) is 9.59 Å². The molecular weight excluding hydrogens is 374 g/mol. The lowest BCUT2D eigenvalue weighted by Gasteiger charge is -2.20. The third-order valence-electron chi connectivity index (χ3n) is 4.61. The summed E-state index contributed by atoms with van der Waals surface area (Å²) in [5, 5.41) is 2.75. The number of carbonyl (C=O) groups excluding carboxylic acids is 2. The molecule has 1 unspecified atom stereocenters. The van der Waals surface area contributed by atoms with Gasteiger partial charge in [0.15, 0.2) is 17.6 Å². The van der Waals surface area contributed by atoms with Crippen LogP contribution >= 0.6 is 0 Å². The average Bonchev–Trinajstić information content (AvgIpc) is 2.73. The monoisotopic (exact) mass is 401 g/mol. The molecule has 0 saturated carbocycles. The summed E-state index contributed by atoms with van der Waals surface area (Å²) in [5.41, 5.74) is 2.62. The van der Waals surface area contributed by atoms with E-state index in [1.54, 1.807) is 0 Å². The normalized spacial score (nSPS) is 11.4. The highest BCUT2D eigenvalue weighted by Gasteiger charge is 2.23. The molecular formula is C22H27NO6. The van der Waals surface area contributed by atoms with Gasteiger partial charge in [0.25, 0.3) is 5.91 Å². The van der Waals surface area contributed by atoms with Crippen molar-refractivity contribution in [3.8, 4) is 17.2 Å². The predicted octanol–water partition coefficient (Wildman–Crippen LogP) is 3.90. The molecule has 2 aromatic carbocycles. The summed E-state index contributed by atoms with van der Waals surface area (Å²) in [6, 6.07) is 8.65. The Labute approximate surface area is 170 Å². The second kappa shape index (κ2) is 9.82. The number of benzene rings is 2. The molecule has 0 radical (unpaired) electrons. The summed E-state index contributed by atoms with van der Waals surface area (Å²) in [7, 11) is 4.20. The molecule has 0 saturated heterocycles. The van der Waals surface area contributed by atoms with E-state index >= 15 is 0 Å². The van der Waals surface area contributed by atoms with E-state index in [1.165, 1.54) is 33.5 Å². The van der Waals surface area contributed by atoms with E-state index in [-0.39, 0.29) is 17.2 Å². The Kier molecular flexibility index (Phi) is 7.47. The second-order valence-electron chi connectivity index (χ2n) is 6.49. The number of amides is 1. The SMILES string of the molecule is CCC(Oc1ccc(C)c(C)c1)C(=O)Nc1cc(OC)c(OC)cc1C(=O)OC. The van der Waals surface area contributed by atoms with Crippen LogP contribution in [0.3, 0.4) is 0 Å². The third kappa shape index (κ3) is 5.19. The quantitative estimate of drug-likeness (QED) is 0.676. The number of hydrogen-bond donors (Lipinski definition) is 1. The molecule has 0 aliphatic rings. The number of rotatable bonds is 8. The van der Waals surface area contributed by atoms with Crippen LogP contribution in [-0.2, 0) is 9.53 Å². The fourth-order valence-corrected chi connectivity index (χ4v) is 2.75. The molecule has 156 valence electrons. The van der Waals surface area contributed by atoms with Crippen molar-refractivity contribution in [1.29, 1.82) is 0 Å². The summed E-state index contributed by atoms with van der Waals surface area (Å²) in [6.07, 6.45) is -0.296. The van der Waals surface area contributed by atoms with E-state index in [2.05, 4.69) is 5.32 Å². The number of carbonyl (C=O) groups is 2. The lowest BCUT2D eigenvalue weighted by atomic mass is 10.1. The first-order valence-electron chi connectivity index (χ1n) is 9.23. The molecule has 1 amide bonds. The predicted molar refractivity (Wildman–Crippen MR) is 110 cm³/mol. The van der Waals surface area contributed by atoms with Gasteiger partial charge in [0.1, 0.15) is 5.75 Å². The van der Waals surface area contributed by atoms with Crippen LogP contribution in [0.4, 0.5) is 5.69 Å². The number of aryl methyl sites for hydroxylation is 2. The van der Waals surface area contributed by atoms with Crippen molar-refractivity contribution in [1.82, 2.24) is 0 Å². The minimum absolute atomic E-state index is 0.152. The van der Waals surface area contributed by atoms with Crippen molar-refractivity contribution in [3.05, 3.63) is 47.0 Å². The number of esters is 1. The zero-order valence-electron chi connectivity index (χ0n) is 17.6. The first-order valence-corrected chi connectivity index (χ1v) is 9.23. The van der Waals surface area contributed by atoms with Gasteiger partial charge in [-0.3, -0.25) is 4.79 Å². The fraction of sp³-hybridized carbons (Fsp3) is 0.364. The number of methoxy groups -OCH3 is 3. The van der Waals surface area contributed by atoms with Crippen LogP contribution in [0.5, 0.6) is 17.2 Å². The van der Waals surface area contributed by atoms with Crippen LogP contribution in [-0.4, -0.2) is 39.3 Å². The summed E-state index contributed by atoms with van der Waals surface area (Å²) in [6.45, 7) is 5.84. The minimum atomic E-state index is -0.740. The molecule has 1 N–H and O–H groups in total. The van der Waals surface area contributed by atoms with Gasteiger partial charge in [-0.2, -0.15) is 0 Å². The van der Waals surface area contributed by atoms with Crippen LogP contribution in [0.25, 0.3) is 0 Å². The fourth-order valence-electron chi connectivity index (χ4n) is 2.75. The maximum absolute atomic E-state index is 12.9. The van der Waals surface area contributed by atoms with Crippen molar-refractivity contribution < 1.29 is 28.5 Å². The van der Waals surface area contributed by atoms with Gasteiger partial charge in [0, 0.05) is 12.1 Å². The summed E-state index contributed by atoms with van der Waals surface area (Å²) in [4.78, 5) is 25.0. The molecule has 2 rings (SSSR count). The van der Waals surface area contributed by atoms with Crippen LogP contribution < -0.4 is 19.5 Å². The molecule has 7 heteroatoms. The highest BCUT2D eigenvalue weighted by atomic mass is 16.5. The zero-order chi connectivity index (χ0) is 21.6. The Morgan fingerprint density at radius 1 is 0.966 bits per heavy atom. The molecule has 0 fully saturated rings. The smallest absolute Gasteiger partial charge is 0.340 e. The first-order chi connectivity index (χ1) is 13.8. The Morgan fingerprint density at radius 3 is 2.17 bits per heavy atom. The van der Waals surface area contributed by atoms with Gasteiger partial charge in [-0.25, -0.2) is 4.79 Å². The lowest BCUT2D eigenvalue weighted by Crippen LogP contribution is -2.33.